The third-order valence-electron chi connectivity index (χ3n) is 3.14. The van der Waals surface area contributed by atoms with Crippen LogP contribution < -0.4 is 10.6 Å². The normalized spacial score (nSPS) is 12.0. The first-order valence-electron chi connectivity index (χ1n) is 6.56. The molecule has 24 heavy (non-hydrogen) atoms. The number of carbonyl (C=O) groups is 1. The number of amides is 2. The number of carbonyl (C=O) groups excluding carboxylic acids is 1. The third-order valence-corrected chi connectivity index (χ3v) is 3.38. The van der Waals surface area contributed by atoms with Crippen LogP contribution in [0.15, 0.2) is 24.3 Å². The van der Waals surface area contributed by atoms with Gasteiger partial charge >= 0.3 is 6.03 Å². The molecule has 9 heteroatoms. The number of hydrogen-bond donors (Lipinski definition) is 2. The number of halogens is 6. The summed E-state index contributed by atoms with van der Waals surface area (Å²) in [5.74, 6) is -10.9. The van der Waals surface area contributed by atoms with E-state index in [1.165, 1.54) is 0 Å². The fourth-order valence-corrected chi connectivity index (χ4v) is 2.12. The number of nitrogens with one attached hydrogen (secondary N) is 2. The summed E-state index contributed by atoms with van der Waals surface area (Å²) in [7, 11) is 0. The summed E-state index contributed by atoms with van der Waals surface area (Å²) in [6.07, 6.45) is 0. The van der Waals surface area contributed by atoms with E-state index in [0.29, 0.717) is 10.6 Å². The number of benzene rings is 2. The largest absolute Gasteiger partial charge is 0.331 e. The fourth-order valence-electron chi connectivity index (χ4n) is 1.92. The molecule has 0 saturated heterocycles. The number of hydrogen-bond acceptors (Lipinski definition) is 1. The molecule has 0 radical (unpaired) electrons. The molecule has 2 rings (SSSR count). The molecule has 0 aromatic heterocycles. The topological polar surface area (TPSA) is 41.1 Å². The standard InChI is InChI=1S/C15H10ClF5N2O/c1-6(7-3-2-4-8(16)5-7)22-15(24)23-14-12(20)10(18)9(17)11(19)13(14)21/h2-6H,1H3,(H2,22,23,24)/t6-/m0/s1. The van der Waals surface area contributed by atoms with Gasteiger partial charge < -0.3 is 10.6 Å². The van der Waals surface area contributed by atoms with Crippen LogP contribution in [0, 0.1) is 29.1 Å². The molecule has 128 valence electrons. The molecule has 2 N–H and O–H groups in total. The minimum atomic E-state index is -2.30. The summed E-state index contributed by atoms with van der Waals surface area (Å²) in [4.78, 5) is 11.8. The molecule has 0 spiro atoms. The van der Waals surface area contributed by atoms with Crippen LogP contribution in [0.1, 0.15) is 18.5 Å². The van der Waals surface area contributed by atoms with Gasteiger partial charge in [-0.25, -0.2) is 26.7 Å². The summed E-state index contributed by atoms with van der Waals surface area (Å²) in [5.41, 5.74) is -0.850. The van der Waals surface area contributed by atoms with E-state index in [2.05, 4.69) is 5.32 Å². The Labute approximate surface area is 138 Å². The van der Waals surface area contributed by atoms with Gasteiger partial charge in [-0.3, -0.25) is 0 Å². The molecule has 0 saturated carbocycles. The first-order chi connectivity index (χ1) is 11.2. The van der Waals surface area contributed by atoms with Gasteiger partial charge in [0.25, 0.3) is 0 Å². The molecule has 0 fully saturated rings. The van der Waals surface area contributed by atoms with E-state index in [1.54, 1.807) is 36.5 Å². The number of rotatable bonds is 3. The fraction of sp³-hybridized carbons (Fsp3) is 0.133. The second-order valence-corrected chi connectivity index (χ2v) is 5.26. The highest BCUT2D eigenvalue weighted by Gasteiger charge is 2.27. The quantitative estimate of drug-likeness (QED) is 0.453. The van der Waals surface area contributed by atoms with Gasteiger partial charge in [-0.15, -0.1) is 0 Å². The molecule has 2 aromatic rings. The minimum Gasteiger partial charge on any atom is -0.331 e. The molecule has 0 aliphatic carbocycles. The van der Waals surface area contributed by atoms with E-state index >= 15 is 0 Å². The zero-order valence-corrected chi connectivity index (χ0v) is 12.8. The molecule has 0 unspecified atom stereocenters. The minimum absolute atomic E-state index is 0.404. The monoisotopic (exact) mass is 364 g/mol. The average molecular weight is 365 g/mol. The summed E-state index contributed by atoms with van der Waals surface area (Å²) >= 11 is 5.80. The molecule has 3 nitrogen and oxygen atoms in total. The first kappa shape index (κ1) is 18.0. The Bertz CT molecular complexity index is 771. The van der Waals surface area contributed by atoms with Crippen LogP contribution in [0.2, 0.25) is 5.02 Å². The van der Waals surface area contributed by atoms with E-state index in [0.717, 1.165) is 0 Å². The van der Waals surface area contributed by atoms with E-state index < -0.39 is 46.8 Å². The predicted octanol–water partition coefficient (Wildman–Crippen LogP) is 4.92. The van der Waals surface area contributed by atoms with Crippen molar-refractivity contribution in [3.8, 4) is 0 Å². The van der Waals surface area contributed by atoms with E-state index in [4.69, 9.17) is 11.6 Å². The van der Waals surface area contributed by atoms with Gasteiger partial charge in [0, 0.05) is 5.02 Å². The molecule has 0 aliphatic rings. The second-order valence-electron chi connectivity index (χ2n) is 4.82. The second kappa shape index (κ2) is 7.04. The lowest BCUT2D eigenvalue weighted by atomic mass is 10.1. The molecule has 1 atom stereocenters. The van der Waals surface area contributed by atoms with Crippen molar-refractivity contribution in [1.82, 2.24) is 5.32 Å². The van der Waals surface area contributed by atoms with Crippen molar-refractivity contribution in [1.29, 1.82) is 0 Å². The van der Waals surface area contributed by atoms with Gasteiger partial charge in [-0.2, -0.15) is 0 Å². The van der Waals surface area contributed by atoms with Crippen molar-refractivity contribution >= 4 is 23.3 Å². The Morgan fingerprint density at radius 3 is 2.08 bits per heavy atom. The maximum Gasteiger partial charge on any atom is 0.319 e. The van der Waals surface area contributed by atoms with Crippen molar-refractivity contribution in [2.75, 3.05) is 5.32 Å². The van der Waals surface area contributed by atoms with Crippen molar-refractivity contribution in [3.05, 3.63) is 63.9 Å². The number of anilines is 1. The first-order valence-corrected chi connectivity index (χ1v) is 6.94. The van der Waals surface area contributed by atoms with Gasteiger partial charge in [-0.05, 0) is 24.6 Å². The van der Waals surface area contributed by atoms with Gasteiger partial charge in [-0.1, -0.05) is 23.7 Å². The summed E-state index contributed by atoms with van der Waals surface area (Å²) in [6.45, 7) is 1.55. The molecule has 0 heterocycles. The molecule has 0 bridgehead atoms. The Morgan fingerprint density at radius 2 is 1.54 bits per heavy atom. The zero-order chi connectivity index (χ0) is 18.0. The molecule has 0 aliphatic heterocycles. The summed E-state index contributed by atoms with van der Waals surface area (Å²) < 4.78 is 66.1. The van der Waals surface area contributed by atoms with Gasteiger partial charge in [0.1, 0.15) is 5.69 Å². The molecular weight excluding hydrogens is 355 g/mol. The van der Waals surface area contributed by atoms with Crippen LogP contribution in [0.3, 0.4) is 0 Å². The molecular formula is C15H10ClF5N2O. The van der Waals surface area contributed by atoms with Crippen molar-refractivity contribution in [3.63, 3.8) is 0 Å². The Hall–Kier alpha value is -2.35. The predicted molar refractivity (Wildman–Crippen MR) is 78.3 cm³/mol. The maximum absolute atomic E-state index is 13.5. The van der Waals surface area contributed by atoms with E-state index in [-0.39, 0.29) is 0 Å². The lowest BCUT2D eigenvalue weighted by Crippen LogP contribution is -2.32. The third kappa shape index (κ3) is 3.59. The van der Waals surface area contributed by atoms with E-state index in [9.17, 15) is 26.7 Å². The maximum atomic E-state index is 13.5. The van der Waals surface area contributed by atoms with Crippen LogP contribution in [0.4, 0.5) is 32.4 Å². The van der Waals surface area contributed by atoms with Crippen LogP contribution in [0.5, 0.6) is 0 Å². The van der Waals surface area contributed by atoms with Gasteiger partial charge in [0.15, 0.2) is 23.3 Å². The van der Waals surface area contributed by atoms with Crippen LogP contribution in [-0.2, 0) is 0 Å². The number of urea groups is 1. The smallest absolute Gasteiger partial charge is 0.319 e. The molecule has 2 amide bonds. The summed E-state index contributed by atoms with van der Waals surface area (Å²) in [5, 5.41) is 4.33. The van der Waals surface area contributed by atoms with Crippen LogP contribution in [-0.4, -0.2) is 6.03 Å². The van der Waals surface area contributed by atoms with Crippen molar-refractivity contribution in [2.45, 2.75) is 13.0 Å². The lowest BCUT2D eigenvalue weighted by molar-refractivity contribution is 0.249. The van der Waals surface area contributed by atoms with Crippen LogP contribution in [0.25, 0.3) is 0 Å². The van der Waals surface area contributed by atoms with Crippen molar-refractivity contribution < 1.29 is 26.7 Å². The molecule has 2 aromatic carbocycles. The highest BCUT2D eigenvalue weighted by Crippen LogP contribution is 2.27. The average Bonchev–Trinajstić information content (AvgIpc) is 2.55. The Morgan fingerprint density at radius 1 is 1.00 bits per heavy atom. The van der Waals surface area contributed by atoms with Crippen LogP contribution >= 0.6 is 11.6 Å². The summed E-state index contributed by atoms with van der Waals surface area (Å²) in [6, 6.07) is 4.63. The van der Waals surface area contributed by atoms with Gasteiger partial charge in [0.05, 0.1) is 6.04 Å². The Balaban J connectivity index is 2.19. The van der Waals surface area contributed by atoms with Crippen molar-refractivity contribution in [2.24, 2.45) is 0 Å². The zero-order valence-electron chi connectivity index (χ0n) is 12.1. The van der Waals surface area contributed by atoms with Gasteiger partial charge in [0.2, 0.25) is 5.82 Å². The highest BCUT2D eigenvalue weighted by molar-refractivity contribution is 6.30. The lowest BCUT2D eigenvalue weighted by Gasteiger charge is -2.16. The Kier molecular flexibility index (Phi) is 5.28. The SMILES string of the molecule is C[C@H](NC(=O)Nc1c(F)c(F)c(F)c(F)c1F)c1cccc(Cl)c1. The highest BCUT2D eigenvalue weighted by atomic mass is 35.5. The van der Waals surface area contributed by atoms with E-state index in [1.807, 2.05) is 0 Å².